The van der Waals surface area contributed by atoms with Crippen molar-refractivity contribution in [1.29, 1.82) is 0 Å². The summed E-state index contributed by atoms with van der Waals surface area (Å²) in [7, 11) is 1.47. The van der Waals surface area contributed by atoms with Gasteiger partial charge in [-0.3, -0.25) is 14.5 Å². The Kier molecular flexibility index (Phi) is 3.93. The van der Waals surface area contributed by atoms with Crippen molar-refractivity contribution < 1.29 is 9.59 Å². The molecule has 1 fully saturated rings. The smallest absolute Gasteiger partial charge is 0.251 e. The molecule has 8 heteroatoms. The molecule has 7 nitrogen and oxygen atoms in total. The van der Waals surface area contributed by atoms with Crippen molar-refractivity contribution in [1.82, 2.24) is 14.9 Å². The average Bonchev–Trinajstić information content (AvgIpc) is 2.39. The second-order valence-electron chi connectivity index (χ2n) is 4.61. The molecule has 0 aliphatic carbocycles. The zero-order valence-corrected chi connectivity index (χ0v) is 12.0. The van der Waals surface area contributed by atoms with Crippen LogP contribution in [0.5, 0.6) is 0 Å². The summed E-state index contributed by atoms with van der Waals surface area (Å²) in [6, 6.07) is 1.16. The summed E-state index contributed by atoms with van der Waals surface area (Å²) in [6.45, 7) is 1.78. The molecule has 1 aliphatic rings. The Balaban J connectivity index is 2.20. The van der Waals surface area contributed by atoms with E-state index in [-0.39, 0.29) is 22.8 Å². The minimum atomic E-state index is -0.515. The average molecular weight is 293 g/mol. The van der Waals surface area contributed by atoms with Gasteiger partial charge in [-0.1, -0.05) is 12.2 Å². The first kappa shape index (κ1) is 14.3. The lowest BCUT2D eigenvalue weighted by Crippen LogP contribution is -2.48. The van der Waals surface area contributed by atoms with Gasteiger partial charge < -0.3 is 11.1 Å². The minimum Gasteiger partial charge on any atom is -0.388 e. The van der Waals surface area contributed by atoms with Crippen molar-refractivity contribution >= 4 is 35.0 Å². The number of nitrogens with zero attached hydrogens (tertiary/aromatic N) is 3. The first-order valence-electron chi connectivity index (χ1n) is 6.11. The SMILES string of the molecule is Cc1cc(C(N)=S)nc(NC2CCC(=O)N(C)C2=O)n1. The number of carbonyl (C=O) groups excluding carboxylic acids is 2. The molecule has 2 rings (SSSR count). The number of thiocarbonyl (C=S) groups is 1. The monoisotopic (exact) mass is 293 g/mol. The fourth-order valence-electron chi connectivity index (χ4n) is 1.96. The maximum absolute atomic E-state index is 12.0. The van der Waals surface area contributed by atoms with Crippen molar-refractivity contribution in [3.8, 4) is 0 Å². The molecule has 1 aromatic rings. The largest absolute Gasteiger partial charge is 0.388 e. The molecule has 0 bridgehead atoms. The van der Waals surface area contributed by atoms with Gasteiger partial charge in [-0.05, 0) is 19.4 Å². The van der Waals surface area contributed by atoms with E-state index >= 15 is 0 Å². The molecule has 0 saturated carbocycles. The molecule has 2 heterocycles. The lowest BCUT2D eigenvalue weighted by atomic mass is 10.1. The standard InChI is InChI=1S/C12H15N5O2S/c1-6-5-8(10(13)20)16-12(14-6)15-7-3-4-9(18)17(2)11(7)19/h5,7H,3-4H2,1-2H3,(H2,13,20)(H,14,15,16). The van der Waals surface area contributed by atoms with Gasteiger partial charge in [0, 0.05) is 19.2 Å². The number of aryl methyl sites for hydroxylation is 1. The number of nitrogens with two attached hydrogens (primary N) is 1. The fourth-order valence-corrected chi connectivity index (χ4v) is 2.07. The van der Waals surface area contributed by atoms with Crippen molar-refractivity contribution in [2.45, 2.75) is 25.8 Å². The van der Waals surface area contributed by atoms with Crippen LogP contribution in [-0.2, 0) is 9.59 Å². The van der Waals surface area contributed by atoms with E-state index in [9.17, 15) is 9.59 Å². The second-order valence-corrected chi connectivity index (χ2v) is 5.05. The number of imide groups is 1. The van der Waals surface area contributed by atoms with Crippen molar-refractivity contribution in [2.24, 2.45) is 5.73 Å². The number of piperidine rings is 1. The summed E-state index contributed by atoms with van der Waals surface area (Å²) in [5.74, 6) is -0.181. The van der Waals surface area contributed by atoms with Gasteiger partial charge in [0.25, 0.3) is 5.91 Å². The number of nitrogens with one attached hydrogen (secondary N) is 1. The lowest BCUT2D eigenvalue weighted by Gasteiger charge is -2.28. The first-order valence-corrected chi connectivity index (χ1v) is 6.51. The number of likely N-dealkylation sites (N-methyl/N-ethyl adjacent to an activating group) is 1. The van der Waals surface area contributed by atoms with E-state index in [4.69, 9.17) is 18.0 Å². The van der Waals surface area contributed by atoms with Crippen LogP contribution in [0.25, 0.3) is 0 Å². The van der Waals surface area contributed by atoms with Gasteiger partial charge in [-0.2, -0.15) is 0 Å². The van der Waals surface area contributed by atoms with Crippen LogP contribution in [0.3, 0.4) is 0 Å². The van der Waals surface area contributed by atoms with E-state index in [1.165, 1.54) is 7.05 Å². The molecule has 2 amide bonds. The molecule has 0 spiro atoms. The molecule has 1 atom stereocenters. The minimum absolute atomic E-state index is 0.167. The number of likely N-dealkylation sites (tertiary alicyclic amines) is 1. The molecular weight excluding hydrogens is 278 g/mol. The molecule has 0 aromatic carbocycles. The van der Waals surface area contributed by atoms with Crippen LogP contribution in [0.15, 0.2) is 6.07 Å². The third kappa shape index (κ3) is 2.90. The van der Waals surface area contributed by atoms with Crippen LogP contribution in [0, 0.1) is 6.92 Å². The van der Waals surface area contributed by atoms with E-state index in [1.807, 2.05) is 0 Å². The van der Waals surface area contributed by atoms with Crippen LogP contribution in [0.2, 0.25) is 0 Å². The van der Waals surface area contributed by atoms with Crippen LogP contribution >= 0.6 is 12.2 Å². The summed E-state index contributed by atoms with van der Waals surface area (Å²) in [5, 5.41) is 2.94. The Bertz CT molecular complexity index is 589. The maximum Gasteiger partial charge on any atom is 0.251 e. The third-order valence-corrected chi connectivity index (χ3v) is 3.27. The highest BCUT2D eigenvalue weighted by molar-refractivity contribution is 7.80. The van der Waals surface area contributed by atoms with Gasteiger partial charge in [0.15, 0.2) is 0 Å². The Hall–Kier alpha value is -2.09. The molecule has 1 unspecified atom stereocenters. The van der Waals surface area contributed by atoms with Crippen molar-refractivity contribution in [3.05, 3.63) is 17.5 Å². The summed E-state index contributed by atoms with van der Waals surface area (Å²) in [4.78, 5) is 33.0. The number of rotatable bonds is 3. The van der Waals surface area contributed by atoms with E-state index in [2.05, 4.69) is 15.3 Å². The zero-order valence-electron chi connectivity index (χ0n) is 11.2. The maximum atomic E-state index is 12.0. The number of aromatic nitrogens is 2. The van der Waals surface area contributed by atoms with E-state index < -0.39 is 6.04 Å². The normalized spacial score (nSPS) is 19.1. The topological polar surface area (TPSA) is 101 Å². The third-order valence-electron chi connectivity index (χ3n) is 3.06. The van der Waals surface area contributed by atoms with E-state index in [0.717, 1.165) is 4.90 Å². The van der Waals surface area contributed by atoms with Crippen molar-refractivity contribution in [3.63, 3.8) is 0 Å². The number of anilines is 1. The molecular formula is C12H15N5O2S. The van der Waals surface area contributed by atoms with Gasteiger partial charge in [-0.25, -0.2) is 9.97 Å². The van der Waals surface area contributed by atoms with Crippen LogP contribution < -0.4 is 11.1 Å². The predicted molar refractivity (Wildman–Crippen MR) is 77.1 cm³/mol. The summed E-state index contributed by atoms with van der Waals surface area (Å²) >= 11 is 4.88. The molecule has 3 N–H and O–H groups in total. The zero-order chi connectivity index (χ0) is 14.9. The van der Waals surface area contributed by atoms with E-state index in [1.54, 1.807) is 13.0 Å². The highest BCUT2D eigenvalue weighted by Crippen LogP contribution is 2.15. The Morgan fingerprint density at radius 3 is 2.85 bits per heavy atom. The van der Waals surface area contributed by atoms with E-state index in [0.29, 0.717) is 24.2 Å². The van der Waals surface area contributed by atoms with Gasteiger partial charge in [0.1, 0.15) is 16.7 Å². The molecule has 106 valence electrons. The van der Waals surface area contributed by atoms with Crippen LogP contribution in [0.4, 0.5) is 5.95 Å². The molecule has 20 heavy (non-hydrogen) atoms. The van der Waals surface area contributed by atoms with Gasteiger partial charge in [0.05, 0.1) is 0 Å². The van der Waals surface area contributed by atoms with Gasteiger partial charge >= 0.3 is 0 Å². The van der Waals surface area contributed by atoms with Gasteiger partial charge in [0.2, 0.25) is 11.9 Å². The van der Waals surface area contributed by atoms with Crippen LogP contribution in [-0.4, -0.2) is 44.8 Å². The molecule has 1 aromatic heterocycles. The quantitative estimate of drug-likeness (QED) is 0.596. The fraction of sp³-hybridized carbons (Fsp3) is 0.417. The summed E-state index contributed by atoms with van der Waals surface area (Å²) in [5.41, 5.74) is 6.69. The van der Waals surface area contributed by atoms with Gasteiger partial charge in [-0.15, -0.1) is 0 Å². The number of hydrogen-bond donors (Lipinski definition) is 2. The van der Waals surface area contributed by atoms with Crippen molar-refractivity contribution in [2.75, 3.05) is 12.4 Å². The first-order chi connectivity index (χ1) is 9.38. The predicted octanol–water partition coefficient (Wildman–Crippen LogP) is -0.0215. The number of hydrogen-bond acceptors (Lipinski definition) is 6. The Labute approximate surface area is 121 Å². The number of carbonyl (C=O) groups is 2. The Morgan fingerprint density at radius 2 is 2.20 bits per heavy atom. The van der Waals surface area contributed by atoms with Crippen LogP contribution in [0.1, 0.15) is 24.2 Å². The highest BCUT2D eigenvalue weighted by atomic mass is 32.1. The summed E-state index contributed by atoms with van der Waals surface area (Å²) in [6.07, 6.45) is 0.732. The molecule has 0 radical (unpaired) electrons. The summed E-state index contributed by atoms with van der Waals surface area (Å²) < 4.78 is 0. The Morgan fingerprint density at radius 1 is 1.50 bits per heavy atom. The second kappa shape index (κ2) is 5.49. The number of amides is 2. The molecule has 1 saturated heterocycles. The molecule has 1 aliphatic heterocycles. The lowest BCUT2D eigenvalue weighted by molar-refractivity contribution is -0.146. The highest BCUT2D eigenvalue weighted by Gasteiger charge is 2.32.